The predicted octanol–water partition coefficient (Wildman–Crippen LogP) is 2.14. The van der Waals surface area contributed by atoms with Crippen molar-refractivity contribution in [1.29, 1.82) is 0 Å². The predicted molar refractivity (Wildman–Crippen MR) is 64.6 cm³/mol. The fourth-order valence-electron chi connectivity index (χ4n) is 1.78. The summed E-state index contributed by atoms with van der Waals surface area (Å²) >= 11 is 0. The first-order valence-corrected chi connectivity index (χ1v) is 7.29. The second kappa shape index (κ2) is 4.74. The average Bonchev–Trinajstić information content (AvgIpc) is 2.65. The maximum Gasteiger partial charge on any atom is 0.435 e. The van der Waals surface area contributed by atoms with E-state index in [1.807, 2.05) is 0 Å². The summed E-state index contributed by atoms with van der Waals surface area (Å²) in [5.74, 6) is 0. The minimum absolute atomic E-state index is 0.118. The monoisotopic (exact) mass is 308 g/mol. The maximum absolute atomic E-state index is 13.0. The summed E-state index contributed by atoms with van der Waals surface area (Å²) in [7, 11) is -3.85. The van der Waals surface area contributed by atoms with Crippen LogP contribution < -0.4 is 0 Å². The first-order valence-electron chi connectivity index (χ1n) is 5.48. The van der Waals surface area contributed by atoms with Crippen LogP contribution >= 0.6 is 0 Å². The van der Waals surface area contributed by atoms with Crippen molar-refractivity contribution in [3.63, 3.8) is 0 Å². The van der Waals surface area contributed by atoms with Gasteiger partial charge in [-0.1, -0.05) is 6.07 Å². The zero-order valence-electron chi connectivity index (χ0n) is 10.6. The lowest BCUT2D eigenvalue weighted by Gasteiger charge is -2.07. The Kier molecular flexibility index (Phi) is 3.51. The molecule has 20 heavy (non-hydrogen) atoms. The van der Waals surface area contributed by atoms with Crippen molar-refractivity contribution >= 4 is 15.8 Å². The van der Waals surface area contributed by atoms with Gasteiger partial charge in [0.1, 0.15) is 12.3 Å². The van der Waals surface area contributed by atoms with Gasteiger partial charge in [-0.2, -0.15) is 21.6 Å². The van der Waals surface area contributed by atoms with E-state index in [0.717, 1.165) is 6.26 Å². The lowest BCUT2D eigenvalue weighted by atomic mass is 10.3. The molecule has 9 heteroatoms. The van der Waals surface area contributed by atoms with Crippen molar-refractivity contribution in [1.82, 2.24) is 9.38 Å². The van der Waals surface area contributed by atoms with Crippen LogP contribution in [0.2, 0.25) is 0 Å². The van der Waals surface area contributed by atoms with E-state index in [-0.39, 0.29) is 11.3 Å². The highest BCUT2D eigenvalue weighted by Crippen LogP contribution is 2.33. The van der Waals surface area contributed by atoms with Gasteiger partial charge in [-0.15, -0.1) is 0 Å². The third kappa shape index (κ3) is 2.93. The van der Waals surface area contributed by atoms with Crippen LogP contribution in [-0.4, -0.2) is 24.1 Å². The number of fused-ring (bicyclic) bond motifs is 1. The first kappa shape index (κ1) is 14.8. The highest BCUT2D eigenvalue weighted by Gasteiger charge is 2.38. The molecule has 0 N–H and O–H groups in total. The molecular formula is C11H11F3N2O3S. The van der Waals surface area contributed by atoms with Gasteiger partial charge in [0.05, 0.1) is 11.9 Å². The lowest BCUT2D eigenvalue weighted by Crippen LogP contribution is -2.12. The molecule has 0 radical (unpaired) electrons. The van der Waals surface area contributed by atoms with Crippen molar-refractivity contribution in [2.24, 2.45) is 0 Å². The van der Waals surface area contributed by atoms with Gasteiger partial charge in [-0.05, 0) is 18.6 Å². The Labute approximate surface area is 113 Å². The SMILES string of the molecule is Cc1cccn2c(COS(C)(=O)=O)c(C(F)(F)F)nc12. The van der Waals surface area contributed by atoms with Crippen LogP contribution in [0.4, 0.5) is 13.2 Å². The van der Waals surface area contributed by atoms with Gasteiger partial charge in [0.15, 0.2) is 5.69 Å². The number of aromatic nitrogens is 2. The van der Waals surface area contributed by atoms with Crippen molar-refractivity contribution in [3.05, 3.63) is 35.3 Å². The molecule has 0 fully saturated rings. The topological polar surface area (TPSA) is 60.7 Å². The number of hydrogen-bond acceptors (Lipinski definition) is 4. The van der Waals surface area contributed by atoms with Gasteiger partial charge in [0.2, 0.25) is 0 Å². The third-order valence-electron chi connectivity index (χ3n) is 2.62. The number of imidazole rings is 1. The second-order valence-electron chi connectivity index (χ2n) is 4.26. The van der Waals surface area contributed by atoms with Crippen LogP contribution in [0.25, 0.3) is 5.65 Å². The van der Waals surface area contributed by atoms with Crippen LogP contribution in [0.15, 0.2) is 18.3 Å². The summed E-state index contributed by atoms with van der Waals surface area (Å²) in [4.78, 5) is 3.55. The summed E-state index contributed by atoms with van der Waals surface area (Å²) in [6, 6.07) is 3.16. The minimum atomic E-state index is -4.69. The van der Waals surface area contributed by atoms with E-state index in [2.05, 4.69) is 9.17 Å². The smallest absolute Gasteiger partial charge is 0.301 e. The van der Waals surface area contributed by atoms with Gasteiger partial charge in [0, 0.05) is 6.20 Å². The molecule has 2 aromatic heterocycles. The van der Waals surface area contributed by atoms with E-state index in [4.69, 9.17) is 0 Å². The minimum Gasteiger partial charge on any atom is -0.301 e. The highest BCUT2D eigenvalue weighted by molar-refractivity contribution is 7.85. The molecule has 0 aromatic carbocycles. The fourth-order valence-corrected chi connectivity index (χ4v) is 2.11. The van der Waals surface area contributed by atoms with E-state index in [1.54, 1.807) is 19.1 Å². The van der Waals surface area contributed by atoms with E-state index in [0.29, 0.717) is 5.56 Å². The Balaban J connectivity index is 2.62. The lowest BCUT2D eigenvalue weighted by molar-refractivity contribution is -0.141. The summed E-state index contributed by atoms with van der Waals surface area (Å²) < 4.78 is 66.4. The van der Waals surface area contributed by atoms with E-state index < -0.39 is 28.6 Å². The third-order valence-corrected chi connectivity index (χ3v) is 3.17. The summed E-state index contributed by atoms with van der Waals surface area (Å²) in [6.45, 7) is 0.891. The van der Waals surface area contributed by atoms with Crippen LogP contribution in [0, 0.1) is 6.92 Å². The Morgan fingerprint density at radius 1 is 1.40 bits per heavy atom. The molecule has 0 aliphatic rings. The normalized spacial score (nSPS) is 13.1. The molecule has 2 rings (SSSR count). The number of alkyl halides is 3. The van der Waals surface area contributed by atoms with Crippen LogP contribution in [0.5, 0.6) is 0 Å². The Hall–Kier alpha value is -1.61. The van der Waals surface area contributed by atoms with Crippen LogP contribution in [-0.2, 0) is 27.1 Å². The van der Waals surface area contributed by atoms with Crippen LogP contribution in [0.3, 0.4) is 0 Å². The molecule has 0 unspecified atom stereocenters. The molecule has 110 valence electrons. The largest absolute Gasteiger partial charge is 0.435 e. The Morgan fingerprint density at radius 2 is 2.05 bits per heavy atom. The summed E-state index contributed by atoms with van der Waals surface area (Å²) in [5.41, 5.74) is -0.826. The van der Waals surface area contributed by atoms with Crippen molar-refractivity contribution < 1.29 is 25.8 Å². The second-order valence-corrected chi connectivity index (χ2v) is 5.90. The van der Waals surface area contributed by atoms with Gasteiger partial charge >= 0.3 is 6.18 Å². The molecule has 0 bridgehead atoms. The van der Waals surface area contributed by atoms with Gasteiger partial charge in [-0.3, -0.25) is 4.18 Å². The number of pyridine rings is 1. The zero-order chi connectivity index (χ0) is 15.1. The quantitative estimate of drug-likeness (QED) is 0.815. The summed E-state index contributed by atoms with van der Waals surface area (Å²) in [5, 5.41) is 0. The summed E-state index contributed by atoms with van der Waals surface area (Å²) in [6.07, 6.45) is -2.53. The van der Waals surface area contributed by atoms with E-state index in [9.17, 15) is 21.6 Å². The molecule has 0 atom stereocenters. The first-order chi connectivity index (χ1) is 9.09. The van der Waals surface area contributed by atoms with E-state index >= 15 is 0 Å². The van der Waals surface area contributed by atoms with Crippen LogP contribution in [0.1, 0.15) is 17.0 Å². The number of halogens is 3. The van der Waals surface area contributed by atoms with Crippen molar-refractivity contribution in [2.75, 3.05) is 6.26 Å². The maximum atomic E-state index is 13.0. The molecule has 2 heterocycles. The zero-order valence-corrected chi connectivity index (χ0v) is 11.4. The standard InChI is InChI=1S/C11H11F3N2O3S/c1-7-4-3-5-16-8(6-19-20(2,17)18)9(11(12,13)14)15-10(7)16/h3-5H,6H2,1-2H3. The molecule has 0 amide bonds. The number of rotatable bonds is 3. The number of hydrogen-bond donors (Lipinski definition) is 0. The molecule has 0 spiro atoms. The molecular weight excluding hydrogens is 297 g/mol. The van der Waals surface area contributed by atoms with Gasteiger partial charge in [-0.25, -0.2) is 4.98 Å². The average molecular weight is 308 g/mol. The Morgan fingerprint density at radius 3 is 2.60 bits per heavy atom. The highest BCUT2D eigenvalue weighted by atomic mass is 32.2. The molecule has 0 aliphatic heterocycles. The van der Waals surface area contributed by atoms with Gasteiger partial charge in [0.25, 0.3) is 10.1 Å². The molecule has 0 saturated carbocycles. The van der Waals surface area contributed by atoms with E-state index in [1.165, 1.54) is 10.6 Å². The molecule has 5 nitrogen and oxygen atoms in total. The van der Waals surface area contributed by atoms with Crippen molar-refractivity contribution in [2.45, 2.75) is 19.7 Å². The fraction of sp³-hybridized carbons (Fsp3) is 0.364. The van der Waals surface area contributed by atoms with Crippen molar-refractivity contribution in [3.8, 4) is 0 Å². The van der Waals surface area contributed by atoms with Gasteiger partial charge < -0.3 is 4.40 Å². The Bertz CT molecular complexity index is 750. The number of aryl methyl sites for hydroxylation is 1. The number of nitrogens with zero attached hydrogens (tertiary/aromatic N) is 2. The molecule has 2 aromatic rings. The molecule has 0 saturated heterocycles. The molecule has 0 aliphatic carbocycles.